The minimum atomic E-state index is -3.49. The maximum atomic E-state index is 12.4. The predicted octanol–water partition coefficient (Wildman–Crippen LogP) is 1.41. The number of benzene rings is 1. The van der Waals surface area contributed by atoms with Crippen molar-refractivity contribution in [2.75, 3.05) is 33.4 Å². The lowest BCUT2D eigenvalue weighted by molar-refractivity contribution is 0.146. The Morgan fingerprint density at radius 2 is 1.96 bits per heavy atom. The molecule has 2 N–H and O–H groups in total. The molecule has 2 rings (SSSR count). The van der Waals surface area contributed by atoms with Crippen molar-refractivity contribution in [1.29, 1.82) is 0 Å². The number of rotatable bonds is 7. The van der Waals surface area contributed by atoms with Gasteiger partial charge in [-0.25, -0.2) is 13.1 Å². The van der Waals surface area contributed by atoms with Gasteiger partial charge in [-0.2, -0.15) is 0 Å². The summed E-state index contributed by atoms with van der Waals surface area (Å²) in [5, 5.41) is 3.26. The van der Waals surface area contributed by atoms with Crippen LogP contribution in [0.25, 0.3) is 0 Å². The van der Waals surface area contributed by atoms with Crippen molar-refractivity contribution in [2.45, 2.75) is 24.3 Å². The van der Waals surface area contributed by atoms with Gasteiger partial charge >= 0.3 is 0 Å². The van der Waals surface area contributed by atoms with E-state index in [-0.39, 0.29) is 29.3 Å². The quantitative estimate of drug-likeness (QED) is 0.715. The number of hydrogen-bond acceptors (Lipinski definition) is 5. The number of nitrogens with one attached hydrogen (secondary N) is 2. The molecule has 2 atom stereocenters. The van der Waals surface area contributed by atoms with Crippen LogP contribution in [0.3, 0.4) is 0 Å². The van der Waals surface area contributed by atoms with Gasteiger partial charge < -0.3 is 14.8 Å². The van der Waals surface area contributed by atoms with Crippen LogP contribution in [0.15, 0.2) is 29.2 Å². The molecular formula is C15H25ClN2O4S. The average Bonchev–Trinajstić information content (AvgIpc) is 2.50. The monoisotopic (exact) mass is 364 g/mol. The number of methoxy groups -OCH3 is 1. The standard InChI is InChI=1S/C15H24N2O4S.ClH/c1-12-11-16-8-7-15(12)17-22(18,19)14-5-3-13(4-6-14)21-10-9-20-2;/h3-6,12,15-17H,7-11H2,1-2H3;1H. The molecule has 132 valence electrons. The molecule has 23 heavy (non-hydrogen) atoms. The Kier molecular flexibility index (Phi) is 8.28. The van der Waals surface area contributed by atoms with E-state index in [1.165, 1.54) is 0 Å². The molecule has 2 unspecified atom stereocenters. The topological polar surface area (TPSA) is 76.7 Å². The van der Waals surface area contributed by atoms with E-state index in [1.54, 1.807) is 31.4 Å². The third-order valence-electron chi connectivity index (χ3n) is 3.78. The summed E-state index contributed by atoms with van der Waals surface area (Å²) in [7, 11) is -1.89. The van der Waals surface area contributed by atoms with Gasteiger partial charge in [0.05, 0.1) is 11.5 Å². The fourth-order valence-corrected chi connectivity index (χ4v) is 3.79. The van der Waals surface area contributed by atoms with Gasteiger partial charge in [0, 0.05) is 13.2 Å². The van der Waals surface area contributed by atoms with Crippen molar-refractivity contribution in [3.05, 3.63) is 24.3 Å². The zero-order valence-electron chi connectivity index (χ0n) is 13.4. The van der Waals surface area contributed by atoms with Crippen molar-refractivity contribution in [3.63, 3.8) is 0 Å². The van der Waals surface area contributed by atoms with Crippen molar-refractivity contribution in [1.82, 2.24) is 10.0 Å². The Morgan fingerprint density at radius 3 is 2.57 bits per heavy atom. The van der Waals surface area contributed by atoms with Gasteiger partial charge in [-0.15, -0.1) is 12.4 Å². The van der Waals surface area contributed by atoms with Crippen LogP contribution in [0.1, 0.15) is 13.3 Å². The Bertz CT molecular complexity index is 565. The van der Waals surface area contributed by atoms with Gasteiger partial charge in [0.15, 0.2) is 0 Å². The molecule has 6 nitrogen and oxygen atoms in total. The first-order valence-electron chi connectivity index (χ1n) is 7.48. The molecule has 0 radical (unpaired) electrons. The number of piperidine rings is 1. The Balaban J connectivity index is 0.00000264. The van der Waals surface area contributed by atoms with Gasteiger partial charge in [0.25, 0.3) is 0 Å². The SMILES string of the molecule is COCCOc1ccc(S(=O)(=O)NC2CCNCC2C)cc1.Cl. The smallest absolute Gasteiger partial charge is 0.240 e. The first-order chi connectivity index (χ1) is 10.5. The molecule has 1 aliphatic heterocycles. The van der Waals surface area contributed by atoms with Gasteiger partial charge in [-0.05, 0) is 49.7 Å². The summed E-state index contributed by atoms with van der Waals surface area (Å²) in [5.41, 5.74) is 0. The van der Waals surface area contributed by atoms with Crippen molar-refractivity contribution in [3.8, 4) is 5.75 Å². The fourth-order valence-electron chi connectivity index (χ4n) is 2.41. The van der Waals surface area contributed by atoms with E-state index in [4.69, 9.17) is 9.47 Å². The maximum Gasteiger partial charge on any atom is 0.240 e. The number of ether oxygens (including phenoxy) is 2. The molecule has 0 saturated carbocycles. The Labute approximate surface area is 144 Å². The van der Waals surface area contributed by atoms with E-state index in [0.717, 1.165) is 19.5 Å². The summed E-state index contributed by atoms with van der Waals surface area (Å²) in [4.78, 5) is 0.261. The third-order valence-corrected chi connectivity index (χ3v) is 5.29. The molecule has 1 heterocycles. The number of halogens is 1. The van der Waals surface area contributed by atoms with E-state index in [9.17, 15) is 8.42 Å². The van der Waals surface area contributed by atoms with E-state index >= 15 is 0 Å². The molecule has 0 amide bonds. The second kappa shape index (κ2) is 9.44. The van der Waals surface area contributed by atoms with E-state index in [2.05, 4.69) is 10.0 Å². The van der Waals surface area contributed by atoms with Crippen molar-refractivity contribution >= 4 is 22.4 Å². The van der Waals surface area contributed by atoms with Crippen LogP contribution in [-0.2, 0) is 14.8 Å². The van der Waals surface area contributed by atoms with Gasteiger partial charge in [-0.3, -0.25) is 0 Å². The van der Waals surface area contributed by atoms with Crippen LogP contribution in [0.2, 0.25) is 0 Å². The molecule has 0 bridgehead atoms. The predicted molar refractivity (Wildman–Crippen MR) is 91.8 cm³/mol. The van der Waals surface area contributed by atoms with Crippen molar-refractivity contribution < 1.29 is 17.9 Å². The summed E-state index contributed by atoms with van der Waals surface area (Å²) >= 11 is 0. The lowest BCUT2D eigenvalue weighted by atomic mass is 9.97. The van der Waals surface area contributed by atoms with Gasteiger partial charge in [-0.1, -0.05) is 6.92 Å². The van der Waals surface area contributed by atoms with Crippen LogP contribution in [0.4, 0.5) is 0 Å². The van der Waals surface area contributed by atoms with Crippen molar-refractivity contribution in [2.24, 2.45) is 5.92 Å². The molecule has 0 aromatic heterocycles. The zero-order valence-corrected chi connectivity index (χ0v) is 15.1. The molecule has 1 saturated heterocycles. The second-order valence-electron chi connectivity index (χ2n) is 5.51. The average molecular weight is 365 g/mol. The molecule has 1 fully saturated rings. The minimum absolute atomic E-state index is 0. The molecule has 1 aromatic rings. The minimum Gasteiger partial charge on any atom is -0.491 e. The lowest BCUT2D eigenvalue weighted by Crippen LogP contribution is -2.48. The molecule has 8 heteroatoms. The molecule has 0 spiro atoms. The van der Waals surface area contributed by atoms with Crippen LogP contribution >= 0.6 is 12.4 Å². The van der Waals surface area contributed by atoms with E-state index in [1.807, 2.05) is 6.92 Å². The van der Waals surface area contributed by atoms with Gasteiger partial charge in [0.2, 0.25) is 10.0 Å². The molecule has 1 aliphatic rings. The summed E-state index contributed by atoms with van der Waals surface area (Å²) in [6.45, 7) is 4.65. The zero-order chi connectivity index (χ0) is 16.0. The Morgan fingerprint density at radius 1 is 1.26 bits per heavy atom. The largest absolute Gasteiger partial charge is 0.491 e. The molecule has 0 aliphatic carbocycles. The number of sulfonamides is 1. The van der Waals surface area contributed by atoms with Crippen LogP contribution in [0, 0.1) is 5.92 Å². The van der Waals surface area contributed by atoms with Crippen LogP contribution in [0.5, 0.6) is 5.75 Å². The van der Waals surface area contributed by atoms with Crippen LogP contribution in [-0.4, -0.2) is 47.9 Å². The normalized spacial score (nSPS) is 21.5. The van der Waals surface area contributed by atoms with E-state index in [0.29, 0.717) is 19.0 Å². The first kappa shape index (κ1) is 20.2. The highest BCUT2D eigenvalue weighted by Gasteiger charge is 2.26. The second-order valence-corrected chi connectivity index (χ2v) is 7.22. The summed E-state index contributed by atoms with van der Waals surface area (Å²) in [6.07, 6.45) is 0.804. The summed E-state index contributed by atoms with van der Waals surface area (Å²) in [6, 6.07) is 6.43. The Hall–Kier alpha value is -0.860. The highest BCUT2D eigenvalue weighted by atomic mass is 35.5. The van der Waals surface area contributed by atoms with E-state index < -0.39 is 10.0 Å². The summed E-state index contributed by atoms with van der Waals surface area (Å²) < 4.78 is 38.0. The lowest BCUT2D eigenvalue weighted by Gasteiger charge is -2.29. The molecular weight excluding hydrogens is 340 g/mol. The maximum absolute atomic E-state index is 12.4. The molecule has 1 aromatic carbocycles. The number of hydrogen-bond donors (Lipinski definition) is 2. The van der Waals surface area contributed by atoms with Crippen LogP contribution < -0.4 is 14.8 Å². The third kappa shape index (κ3) is 5.93. The first-order valence-corrected chi connectivity index (χ1v) is 8.96. The highest BCUT2D eigenvalue weighted by Crippen LogP contribution is 2.18. The van der Waals surface area contributed by atoms with Gasteiger partial charge in [0.1, 0.15) is 12.4 Å². The highest BCUT2D eigenvalue weighted by molar-refractivity contribution is 7.89. The summed E-state index contributed by atoms with van der Waals surface area (Å²) in [5.74, 6) is 0.909. The fraction of sp³-hybridized carbons (Fsp3) is 0.600.